The van der Waals surface area contributed by atoms with Crippen LogP contribution in [0.25, 0.3) is 0 Å². The highest BCUT2D eigenvalue weighted by molar-refractivity contribution is 7.47. The largest absolute Gasteiger partial charge is 0.472 e. The molecule has 85 heavy (non-hydrogen) atoms. The number of aliphatic hydroxyl groups excluding tert-OH is 1. The molecule has 0 rings (SSSR count). The number of carbonyl (C=O) groups is 4. The number of ether oxygens (including phenoxy) is 4. The van der Waals surface area contributed by atoms with Gasteiger partial charge >= 0.3 is 39.5 Å². The molecule has 0 aromatic heterocycles. The fourth-order valence-corrected chi connectivity index (χ4v) is 11.4. The Labute approximate surface area is 517 Å². The highest BCUT2D eigenvalue weighted by Gasteiger charge is 2.30. The van der Waals surface area contributed by atoms with Crippen LogP contribution in [0.15, 0.2) is 0 Å². The lowest BCUT2D eigenvalue weighted by molar-refractivity contribution is -0.161. The van der Waals surface area contributed by atoms with Crippen LogP contribution in [0.3, 0.4) is 0 Å². The summed E-state index contributed by atoms with van der Waals surface area (Å²) in [5.74, 6) is -0.636. The smallest absolute Gasteiger partial charge is 0.462 e. The molecule has 0 aliphatic carbocycles. The van der Waals surface area contributed by atoms with Gasteiger partial charge in [-0.25, -0.2) is 9.13 Å². The van der Waals surface area contributed by atoms with Crippen LogP contribution >= 0.6 is 15.6 Å². The van der Waals surface area contributed by atoms with Gasteiger partial charge in [-0.05, 0) is 37.5 Å². The Kier molecular flexibility index (Phi) is 57.1. The van der Waals surface area contributed by atoms with Gasteiger partial charge < -0.3 is 33.8 Å². The predicted octanol–water partition coefficient (Wildman–Crippen LogP) is 18.4. The molecule has 0 aliphatic rings. The van der Waals surface area contributed by atoms with Crippen molar-refractivity contribution in [3.63, 3.8) is 0 Å². The van der Waals surface area contributed by atoms with Crippen LogP contribution in [0.4, 0.5) is 0 Å². The second-order valence-corrected chi connectivity index (χ2v) is 27.5. The third-order valence-corrected chi connectivity index (χ3v) is 17.5. The first-order valence-electron chi connectivity index (χ1n) is 34.5. The van der Waals surface area contributed by atoms with Gasteiger partial charge in [0.15, 0.2) is 12.2 Å². The highest BCUT2D eigenvalue weighted by atomic mass is 31.2. The molecule has 0 amide bonds. The average Bonchev–Trinajstić information content (AvgIpc) is 3.52. The molecule has 19 heteroatoms. The van der Waals surface area contributed by atoms with E-state index in [2.05, 4.69) is 41.5 Å². The van der Waals surface area contributed by atoms with Gasteiger partial charge in [-0.15, -0.1) is 0 Å². The standard InChI is InChI=1S/C66H128O17P2/c1-7-10-12-14-16-18-21-26-30-37-43-49-64(69)77-54-61(82-65(70)50-44-38-31-27-23-20-19-22-25-28-34-40-46-58(4)5)56-80-84(72,73)78-52-60(67)53-79-85(74,75)81-57-62(55-76-63(68)48-42-36-29-24-17-15-13-11-8-2)83-66(71)51-45-39-33-32-35-41-47-59(6)9-3/h58-62,67H,7-57H2,1-6H3,(H,72,73)(H,74,75)/t59?,60-,61-,62-/m1/s1. The number of hydrogen-bond donors (Lipinski definition) is 3. The maximum Gasteiger partial charge on any atom is 0.472 e. The van der Waals surface area contributed by atoms with Crippen molar-refractivity contribution in [2.45, 2.75) is 349 Å². The normalized spacial score (nSPS) is 14.6. The third kappa shape index (κ3) is 59.5. The Morgan fingerprint density at radius 3 is 0.894 bits per heavy atom. The molecule has 0 aromatic rings. The van der Waals surface area contributed by atoms with E-state index in [0.29, 0.717) is 25.7 Å². The molecule has 6 atom stereocenters. The van der Waals surface area contributed by atoms with Crippen LogP contribution in [-0.4, -0.2) is 96.7 Å². The van der Waals surface area contributed by atoms with E-state index in [1.165, 1.54) is 148 Å². The van der Waals surface area contributed by atoms with Crippen LogP contribution < -0.4 is 0 Å². The Bertz CT molecular complexity index is 1670. The fourth-order valence-electron chi connectivity index (χ4n) is 9.85. The van der Waals surface area contributed by atoms with Gasteiger partial charge in [0.05, 0.1) is 26.4 Å². The summed E-state index contributed by atoms with van der Waals surface area (Å²) in [6.07, 6.45) is 41.6. The first kappa shape index (κ1) is 83.1. The van der Waals surface area contributed by atoms with Crippen LogP contribution in [0.5, 0.6) is 0 Å². The number of hydrogen-bond acceptors (Lipinski definition) is 15. The number of esters is 4. The molecular weight excluding hydrogens is 1130 g/mol. The third-order valence-electron chi connectivity index (χ3n) is 15.6. The molecule has 0 fully saturated rings. The van der Waals surface area contributed by atoms with Gasteiger partial charge in [-0.1, -0.05) is 279 Å². The van der Waals surface area contributed by atoms with E-state index in [9.17, 15) is 43.2 Å². The summed E-state index contributed by atoms with van der Waals surface area (Å²) in [6, 6.07) is 0. The van der Waals surface area contributed by atoms with E-state index < -0.39 is 97.5 Å². The zero-order valence-corrected chi connectivity index (χ0v) is 56.7. The maximum absolute atomic E-state index is 13.0. The molecule has 0 saturated heterocycles. The Balaban J connectivity index is 5.23. The Morgan fingerprint density at radius 1 is 0.341 bits per heavy atom. The van der Waals surface area contributed by atoms with Crippen LogP contribution in [-0.2, 0) is 65.4 Å². The molecular formula is C66H128O17P2. The van der Waals surface area contributed by atoms with Gasteiger partial charge in [0.1, 0.15) is 19.3 Å². The summed E-state index contributed by atoms with van der Waals surface area (Å²) >= 11 is 0. The van der Waals surface area contributed by atoms with E-state index in [-0.39, 0.29) is 25.7 Å². The number of phosphoric acid groups is 2. The van der Waals surface area contributed by atoms with E-state index >= 15 is 0 Å². The van der Waals surface area contributed by atoms with Crippen molar-refractivity contribution < 1.29 is 80.2 Å². The molecule has 0 spiro atoms. The summed E-state index contributed by atoms with van der Waals surface area (Å²) < 4.78 is 68.1. The number of unbranched alkanes of at least 4 members (excludes halogenated alkanes) is 34. The van der Waals surface area contributed by atoms with Gasteiger partial charge in [-0.3, -0.25) is 37.3 Å². The van der Waals surface area contributed by atoms with Crippen LogP contribution in [0.2, 0.25) is 0 Å². The molecule has 17 nitrogen and oxygen atoms in total. The topological polar surface area (TPSA) is 237 Å². The number of carbonyl (C=O) groups excluding carboxylic acids is 4. The van der Waals surface area contributed by atoms with Crippen molar-refractivity contribution in [3.05, 3.63) is 0 Å². The zero-order chi connectivity index (χ0) is 62.9. The van der Waals surface area contributed by atoms with Crippen molar-refractivity contribution in [3.8, 4) is 0 Å². The van der Waals surface area contributed by atoms with Crippen molar-refractivity contribution in [1.82, 2.24) is 0 Å². The zero-order valence-electron chi connectivity index (χ0n) is 54.9. The minimum Gasteiger partial charge on any atom is -0.462 e. The lowest BCUT2D eigenvalue weighted by atomic mass is 10.00. The van der Waals surface area contributed by atoms with Crippen LogP contribution in [0.1, 0.15) is 330 Å². The molecule has 0 radical (unpaired) electrons. The molecule has 3 N–H and O–H groups in total. The summed E-state index contributed by atoms with van der Waals surface area (Å²) in [4.78, 5) is 72.3. The SMILES string of the molecule is CCCCCCCCCCCCCC(=O)OC[C@H](COP(=O)(O)OC[C@@H](O)COP(=O)(O)OC[C@@H](COC(=O)CCCCCCCCCCC)OC(=O)CCCCCCCCC(C)CC)OC(=O)CCCCCCCCCCCCCCC(C)C. The molecule has 3 unspecified atom stereocenters. The summed E-state index contributed by atoms with van der Waals surface area (Å²) in [5.41, 5.74) is 0. The monoisotopic (exact) mass is 1250 g/mol. The minimum atomic E-state index is -4.95. The first-order chi connectivity index (χ1) is 40.9. The second-order valence-electron chi connectivity index (χ2n) is 24.6. The maximum atomic E-state index is 13.0. The van der Waals surface area contributed by atoms with E-state index in [1.54, 1.807) is 0 Å². The van der Waals surface area contributed by atoms with Gasteiger partial charge in [0.2, 0.25) is 0 Å². The molecule has 0 saturated carbocycles. The van der Waals surface area contributed by atoms with Crippen LogP contribution in [0, 0.1) is 11.8 Å². The molecule has 0 aliphatic heterocycles. The average molecular weight is 1260 g/mol. The lowest BCUT2D eigenvalue weighted by Gasteiger charge is -2.21. The lowest BCUT2D eigenvalue weighted by Crippen LogP contribution is -2.30. The van der Waals surface area contributed by atoms with Gasteiger partial charge in [-0.2, -0.15) is 0 Å². The fraction of sp³-hybridized carbons (Fsp3) is 0.939. The number of phosphoric ester groups is 2. The summed E-state index contributed by atoms with van der Waals surface area (Å²) in [5, 5.41) is 10.5. The van der Waals surface area contributed by atoms with Crippen molar-refractivity contribution >= 4 is 39.5 Å². The molecule has 0 bridgehead atoms. The molecule has 504 valence electrons. The molecule has 0 heterocycles. The van der Waals surface area contributed by atoms with E-state index in [0.717, 1.165) is 102 Å². The summed E-state index contributed by atoms with van der Waals surface area (Å²) in [6.45, 7) is 9.46. The van der Waals surface area contributed by atoms with E-state index in [1.807, 2.05) is 0 Å². The first-order valence-corrected chi connectivity index (χ1v) is 37.5. The number of rotatable bonds is 65. The quantitative estimate of drug-likeness (QED) is 0.0222. The molecule has 0 aromatic carbocycles. The Hall–Kier alpha value is -1.94. The van der Waals surface area contributed by atoms with Gasteiger partial charge in [0, 0.05) is 25.7 Å². The van der Waals surface area contributed by atoms with Gasteiger partial charge in [0.25, 0.3) is 0 Å². The van der Waals surface area contributed by atoms with Crippen molar-refractivity contribution in [2.24, 2.45) is 11.8 Å². The van der Waals surface area contributed by atoms with Crippen molar-refractivity contribution in [1.29, 1.82) is 0 Å². The minimum absolute atomic E-state index is 0.103. The van der Waals surface area contributed by atoms with E-state index in [4.69, 9.17) is 37.0 Å². The number of aliphatic hydroxyl groups is 1. The predicted molar refractivity (Wildman–Crippen MR) is 340 cm³/mol. The van der Waals surface area contributed by atoms with Crippen molar-refractivity contribution in [2.75, 3.05) is 39.6 Å². The Morgan fingerprint density at radius 2 is 0.600 bits per heavy atom. The second kappa shape index (κ2) is 58.4. The highest BCUT2D eigenvalue weighted by Crippen LogP contribution is 2.45. The summed E-state index contributed by atoms with van der Waals surface area (Å²) in [7, 11) is -9.89.